The lowest BCUT2D eigenvalue weighted by molar-refractivity contribution is -0.110. The second-order valence-corrected chi connectivity index (χ2v) is 7.42. The minimum atomic E-state index is -0.503. The average molecular weight is 374 g/mol. The molecule has 3 rings (SSSR count). The number of hydrogen-bond acceptors (Lipinski definition) is 4. The van der Waals surface area contributed by atoms with Crippen LogP contribution in [0.3, 0.4) is 0 Å². The van der Waals surface area contributed by atoms with Gasteiger partial charge >= 0.3 is 0 Å². The van der Waals surface area contributed by atoms with Gasteiger partial charge in [-0.05, 0) is 43.4 Å². The fourth-order valence-electron chi connectivity index (χ4n) is 2.96. The summed E-state index contributed by atoms with van der Waals surface area (Å²) in [6.45, 7) is 0. The van der Waals surface area contributed by atoms with Gasteiger partial charge in [0, 0.05) is 10.6 Å². The normalized spacial score (nSPS) is 13.4. The van der Waals surface area contributed by atoms with Crippen LogP contribution >= 0.6 is 23.6 Å². The molecule has 0 fully saturated rings. The van der Waals surface area contributed by atoms with Gasteiger partial charge in [-0.2, -0.15) is 0 Å². The van der Waals surface area contributed by atoms with Gasteiger partial charge in [0.05, 0.1) is 5.56 Å². The van der Waals surface area contributed by atoms with Gasteiger partial charge in [-0.25, -0.2) is 0 Å². The molecule has 0 atom stereocenters. The first kappa shape index (κ1) is 17.6. The number of primary amides is 1. The van der Waals surface area contributed by atoms with E-state index in [0.29, 0.717) is 10.6 Å². The highest BCUT2D eigenvalue weighted by atomic mass is 32.1. The van der Waals surface area contributed by atoms with Crippen LogP contribution in [0.25, 0.3) is 0 Å². The molecule has 7 heteroatoms. The lowest BCUT2D eigenvalue weighted by atomic mass is 10.1. The molecular weight excluding hydrogens is 354 g/mol. The summed E-state index contributed by atoms with van der Waals surface area (Å²) in [5.74, 6) is -0.950. The number of fused-ring (bicyclic) bond motifs is 1. The second kappa shape index (κ2) is 7.76. The predicted molar refractivity (Wildman–Crippen MR) is 105 cm³/mol. The molecule has 1 aromatic heterocycles. The van der Waals surface area contributed by atoms with Gasteiger partial charge in [-0.1, -0.05) is 36.8 Å². The van der Waals surface area contributed by atoms with Crippen LogP contribution in [0.2, 0.25) is 0 Å². The van der Waals surface area contributed by atoms with Gasteiger partial charge in [0.1, 0.15) is 5.00 Å². The van der Waals surface area contributed by atoms with E-state index in [9.17, 15) is 9.59 Å². The van der Waals surface area contributed by atoms with Crippen molar-refractivity contribution in [1.82, 2.24) is 0 Å². The molecule has 2 aromatic rings. The van der Waals surface area contributed by atoms with Crippen molar-refractivity contribution in [2.45, 2.75) is 32.1 Å². The third-order valence-corrected chi connectivity index (χ3v) is 5.63. The summed E-state index contributed by atoms with van der Waals surface area (Å²) in [4.78, 5) is 25.5. The number of carbonyl (C=O) groups is 2. The second-order valence-electron chi connectivity index (χ2n) is 5.91. The number of benzene rings is 1. The van der Waals surface area contributed by atoms with Crippen molar-refractivity contribution >= 4 is 51.0 Å². The van der Waals surface area contributed by atoms with Crippen molar-refractivity contribution in [3.63, 3.8) is 0 Å². The molecule has 0 unspecified atom stereocenters. The summed E-state index contributed by atoms with van der Waals surface area (Å²) in [5, 5.41) is 6.16. The molecule has 0 bridgehead atoms. The molecule has 0 saturated carbocycles. The van der Waals surface area contributed by atoms with Crippen LogP contribution in [-0.2, 0) is 17.6 Å². The highest BCUT2D eigenvalue weighted by Crippen LogP contribution is 2.37. The molecular formula is C18H19N3O2S2. The van der Waals surface area contributed by atoms with E-state index >= 15 is 0 Å². The minimum Gasteiger partial charge on any atom is -0.365 e. The molecule has 1 aromatic carbocycles. The van der Waals surface area contributed by atoms with Crippen molar-refractivity contribution in [3.8, 4) is 0 Å². The van der Waals surface area contributed by atoms with Crippen LogP contribution in [0, 0.1) is 0 Å². The lowest BCUT2D eigenvalue weighted by Gasteiger charge is -2.09. The van der Waals surface area contributed by atoms with E-state index in [4.69, 9.17) is 18.0 Å². The summed E-state index contributed by atoms with van der Waals surface area (Å²) >= 11 is 6.60. The van der Waals surface area contributed by atoms with Crippen LogP contribution in [-0.4, -0.2) is 16.8 Å². The topological polar surface area (TPSA) is 84.2 Å². The number of amides is 2. The largest absolute Gasteiger partial charge is 0.365 e. The fraction of sp³-hybridized carbons (Fsp3) is 0.278. The minimum absolute atomic E-state index is 0.0465. The Bertz CT molecular complexity index is 815. The van der Waals surface area contributed by atoms with E-state index in [1.807, 2.05) is 30.3 Å². The molecule has 1 aliphatic rings. The molecule has 0 radical (unpaired) electrons. The smallest absolute Gasteiger partial charge is 0.284 e. The highest BCUT2D eigenvalue weighted by molar-refractivity contribution is 7.82. The predicted octanol–water partition coefficient (Wildman–Crippen LogP) is 3.49. The Morgan fingerprint density at radius 3 is 2.48 bits per heavy atom. The van der Waals surface area contributed by atoms with E-state index in [1.54, 1.807) is 0 Å². The first-order valence-electron chi connectivity index (χ1n) is 8.18. The van der Waals surface area contributed by atoms with Crippen LogP contribution in [0.15, 0.2) is 30.3 Å². The Hall–Kier alpha value is -2.25. The van der Waals surface area contributed by atoms with Crippen molar-refractivity contribution in [3.05, 3.63) is 46.3 Å². The Morgan fingerprint density at radius 2 is 1.76 bits per heavy atom. The SMILES string of the molecule is NC(=O)c1c(NC(=O)C(=S)Nc2ccccc2)sc2c1CCCCC2. The maximum atomic E-state index is 12.4. The average Bonchev–Trinajstić information content (AvgIpc) is 2.77. The van der Waals surface area contributed by atoms with Crippen molar-refractivity contribution in [1.29, 1.82) is 0 Å². The monoisotopic (exact) mass is 373 g/mol. The molecule has 4 N–H and O–H groups in total. The zero-order chi connectivity index (χ0) is 17.8. The number of thiocarbonyl (C=S) groups is 1. The molecule has 0 saturated heterocycles. The van der Waals surface area contributed by atoms with Gasteiger partial charge in [0.2, 0.25) is 0 Å². The number of rotatable bonds is 3. The van der Waals surface area contributed by atoms with E-state index in [2.05, 4.69) is 10.6 Å². The summed E-state index contributed by atoms with van der Waals surface area (Å²) in [7, 11) is 0. The third-order valence-electron chi connectivity index (χ3n) is 4.13. The number of hydrogen-bond donors (Lipinski definition) is 3. The number of para-hydroxylation sites is 1. The molecule has 25 heavy (non-hydrogen) atoms. The number of carbonyl (C=O) groups excluding carboxylic acids is 2. The molecule has 0 aliphatic heterocycles. The van der Waals surface area contributed by atoms with E-state index in [-0.39, 0.29) is 4.99 Å². The van der Waals surface area contributed by atoms with Crippen LogP contribution < -0.4 is 16.4 Å². The quantitative estimate of drug-likeness (QED) is 0.568. The maximum Gasteiger partial charge on any atom is 0.284 e. The van der Waals surface area contributed by atoms with Crippen molar-refractivity contribution < 1.29 is 9.59 Å². The summed E-state index contributed by atoms with van der Waals surface area (Å²) in [6.07, 6.45) is 5.01. The molecule has 0 spiro atoms. The maximum absolute atomic E-state index is 12.4. The van der Waals surface area contributed by atoms with E-state index < -0.39 is 11.8 Å². The number of nitrogens with one attached hydrogen (secondary N) is 2. The van der Waals surface area contributed by atoms with Gasteiger partial charge < -0.3 is 16.4 Å². The zero-order valence-electron chi connectivity index (χ0n) is 13.6. The van der Waals surface area contributed by atoms with Gasteiger partial charge in [0.25, 0.3) is 11.8 Å². The molecule has 1 heterocycles. The Morgan fingerprint density at radius 1 is 1.04 bits per heavy atom. The molecule has 1 aliphatic carbocycles. The van der Waals surface area contributed by atoms with E-state index in [1.165, 1.54) is 11.3 Å². The Labute approximate surface area is 155 Å². The van der Waals surface area contributed by atoms with Gasteiger partial charge in [-0.3, -0.25) is 9.59 Å². The van der Waals surface area contributed by atoms with Crippen LogP contribution in [0.5, 0.6) is 0 Å². The molecule has 5 nitrogen and oxygen atoms in total. The van der Waals surface area contributed by atoms with E-state index in [0.717, 1.165) is 48.2 Å². The number of anilines is 2. The summed E-state index contributed by atoms with van der Waals surface area (Å²) in [5.41, 5.74) is 7.75. The number of aryl methyl sites for hydroxylation is 1. The first-order valence-corrected chi connectivity index (χ1v) is 9.40. The van der Waals surface area contributed by atoms with Crippen molar-refractivity contribution in [2.24, 2.45) is 5.73 Å². The van der Waals surface area contributed by atoms with Gasteiger partial charge in [0.15, 0.2) is 4.99 Å². The molecule has 2 amide bonds. The number of thiophene rings is 1. The first-order chi connectivity index (χ1) is 12.1. The van der Waals surface area contributed by atoms with Gasteiger partial charge in [-0.15, -0.1) is 11.3 Å². The summed E-state index contributed by atoms with van der Waals surface area (Å²) < 4.78 is 0. The number of nitrogens with two attached hydrogens (primary N) is 1. The lowest BCUT2D eigenvalue weighted by Crippen LogP contribution is -2.28. The fourth-order valence-corrected chi connectivity index (χ4v) is 4.42. The van der Waals surface area contributed by atoms with Crippen molar-refractivity contribution in [2.75, 3.05) is 10.6 Å². The third kappa shape index (κ3) is 4.05. The zero-order valence-corrected chi connectivity index (χ0v) is 15.3. The van der Waals surface area contributed by atoms with Crippen LogP contribution in [0.1, 0.15) is 40.1 Å². The Balaban J connectivity index is 1.79. The molecule has 130 valence electrons. The highest BCUT2D eigenvalue weighted by Gasteiger charge is 2.25. The summed E-state index contributed by atoms with van der Waals surface area (Å²) in [6, 6.07) is 9.23. The van der Waals surface area contributed by atoms with Crippen LogP contribution in [0.4, 0.5) is 10.7 Å². The Kier molecular flexibility index (Phi) is 5.45. The standard InChI is InChI=1S/C18H19N3O2S2/c19-15(22)14-12-9-5-2-6-10-13(12)25-18(14)21-16(23)17(24)20-11-7-3-1-4-8-11/h1,3-4,7-8H,2,5-6,9-10H2,(H2,19,22)(H,20,24)(H,21,23).